The third kappa shape index (κ3) is 3.67. The molecular formula is C8H14F2N2O. The van der Waals surface area contributed by atoms with Gasteiger partial charge in [0, 0.05) is 18.6 Å². The quantitative estimate of drug-likeness (QED) is 0.686. The van der Waals surface area contributed by atoms with Gasteiger partial charge in [0.05, 0.1) is 13.2 Å². The number of nitrogens with one attached hydrogen (secondary N) is 1. The Kier molecular flexibility index (Phi) is 4.08. The molecule has 0 radical (unpaired) electrons. The van der Waals surface area contributed by atoms with Gasteiger partial charge in [-0.2, -0.15) is 5.10 Å². The summed E-state index contributed by atoms with van der Waals surface area (Å²) in [5.41, 5.74) is 3.35. The highest BCUT2D eigenvalue weighted by molar-refractivity contribution is 5.84. The largest absolute Gasteiger partial charge is 0.381 e. The zero-order chi connectivity index (χ0) is 9.68. The number of alkyl halides is 2. The molecule has 1 rings (SSSR count). The van der Waals surface area contributed by atoms with Crippen molar-refractivity contribution in [1.29, 1.82) is 0 Å². The van der Waals surface area contributed by atoms with Crippen molar-refractivity contribution in [2.24, 2.45) is 5.10 Å². The Morgan fingerprint density at radius 1 is 1.38 bits per heavy atom. The normalized spacial score (nSPS) is 20.2. The molecule has 1 saturated heterocycles. The summed E-state index contributed by atoms with van der Waals surface area (Å²) >= 11 is 0. The number of rotatable bonds is 3. The van der Waals surface area contributed by atoms with E-state index < -0.39 is 12.5 Å². The Labute approximate surface area is 76.1 Å². The highest BCUT2D eigenvalue weighted by Crippen LogP contribution is 2.03. The predicted octanol–water partition coefficient (Wildman–Crippen LogP) is 1.40. The van der Waals surface area contributed by atoms with Crippen LogP contribution in [0, 0.1) is 0 Å². The summed E-state index contributed by atoms with van der Waals surface area (Å²) in [7, 11) is 0. The van der Waals surface area contributed by atoms with Crippen LogP contribution in [0.3, 0.4) is 0 Å². The molecule has 5 heteroatoms. The third-order valence-corrected chi connectivity index (χ3v) is 1.87. The molecule has 0 aromatic heterocycles. The lowest BCUT2D eigenvalue weighted by molar-refractivity contribution is 0.106. The van der Waals surface area contributed by atoms with E-state index in [1.807, 2.05) is 0 Å². The molecular weight excluding hydrogens is 178 g/mol. The zero-order valence-corrected chi connectivity index (χ0v) is 7.59. The topological polar surface area (TPSA) is 33.6 Å². The first-order chi connectivity index (χ1) is 6.20. The van der Waals surface area contributed by atoms with Gasteiger partial charge in [-0.05, 0) is 6.92 Å². The number of halogens is 2. The van der Waals surface area contributed by atoms with E-state index in [9.17, 15) is 8.78 Å². The minimum atomic E-state index is -2.37. The van der Waals surface area contributed by atoms with Crippen molar-refractivity contribution < 1.29 is 13.5 Å². The van der Waals surface area contributed by atoms with Gasteiger partial charge in [-0.1, -0.05) is 0 Å². The predicted molar refractivity (Wildman–Crippen MR) is 46.1 cm³/mol. The lowest BCUT2D eigenvalue weighted by atomic mass is 10.2. The first-order valence-electron chi connectivity index (χ1n) is 4.37. The van der Waals surface area contributed by atoms with E-state index in [4.69, 9.17) is 4.74 Å². The van der Waals surface area contributed by atoms with Crippen LogP contribution in [0.5, 0.6) is 0 Å². The Balaban J connectivity index is 2.29. The second kappa shape index (κ2) is 5.11. The monoisotopic (exact) mass is 192 g/mol. The van der Waals surface area contributed by atoms with Crippen LogP contribution >= 0.6 is 0 Å². The molecule has 1 fully saturated rings. The molecule has 1 aliphatic rings. The second-order valence-corrected chi connectivity index (χ2v) is 3.04. The molecule has 76 valence electrons. The lowest BCUT2D eigenvalue weighted by Gasteiger charge is -2.15. The van der Waals surface area contributed by atoms with Gasteiger partial charge in [0.2, 0.25) is 0 Å². The average Bonchev–Trinajstić information content (AvgIpc) is 2.15. The van der Waals surface area contributed by atoms with Gasteiger partial charge in [0.1, 0.15) is 6.04 Å². The van der Waals surface area contributed by atoms with Crippen molar-refractivity contribution in [2.75, 3.05) is 13.2 Å². The van der Waals surface area contributed by atoms with Gasteiger partial charge in [-0.15, -0.1) is 0 Å². The average molecular weight is 192 g/mol. The van der Waals surface area contributed by atoms with E-state index in [0.717, 1.165) is 18.6 Å². The number of hydrogen-bond acceptors (Lipinski definition) is 3. The molecule has 0 saturated carbocycles. The first kappa shape index (κ1) is 10.4. The van der Waals surface area contributed by atoms with Crippen molar-refractivity contribution in [1.82, 2.24) is 5.43 Å². The molecule has 13 heavy (non-hydrogen) atoms. The molecule has 1 N–H and O–H groups in total. The number of ether oxygens (including phenoxy) is 1. The summed E-state index contributed by atoms with van der Waals surface area (Å²) in [6, 6.07) is -0.879. The number of hydrazone groups is 1. The molecule has 0 aromatic rings. The van der Waals surface area contributed by atoms with Gasteiger partial charge in [-0.25, -0.2) is 8.78 Å². The molecule has 1 aliphatic heterocycles. The summed E-state index contributed by atoms with van der Waals surface area (Å²) in [5.74, 6) is 0. The molecule has 0 spiro atoms. The van der Waals surface area contributed by atoms with E-state index in [1.54, 1.807) is 0 Å². The zero-order valence-electron chi connectivity index (χ0n) is 7.59. The summed E-state index contributed by atoms with van der Waals surface area (Å²) in [6.45, 7) is 2.70. The molecule has 1 unspecified atom stereocenters. The van der Waals surface area contributed by atoms with E-state index in [0.29, 0.717) is 13.2 Å². The molecule has 0 aromatic carbocycles. The fraction of sp³-hybridized carbons (Fsp3) is 0.875. The smallest absolute Gasteiger partial charge is 0.259 e. The molecule has 3 nitrogen and oxygen atoms in total. The van der Waals surface area contributed by atoms with Crippen LogP contribution in [-0.2, 0) is 4.74 Å². The van der Waals surface area contributed by atoms with Crippen LogP contribution in [0.15, 0.2) is 5.10 Å². The molecule has 0 bridgehead atoms. The SMILES string of the molecule is CC(NN=C1CCOCC1)C(F)F. The van der Waals surface area contributed by atoms with Gasteiger partial charge in [0.15, 0.2) is 0 Å². The van der Waals surface area contributed by atoms with Crippen LogP contribution in [0.4, 0.5) is 8.78 Å². The highest BCUT2D eigenvalue weighted by Gasteiger charge is 2.13. The van der Waals surface area contributed by atoms with Gasteiger partial charge in [0.25, 0.3) is 6.43 Å². The number of hydrogen-bond donors (Lipinski definition) is 1. The van der Waals surface area contributed by atoms with Crippen molar-refractivity contribution in [3.8, 4) is 0 Å². The summed E-state index contributed by atoms with van der Waals surface area (Å²) in [5, 5.41) is 3.91. The van der Waals surface area contributed by atoms with Crippen LogP contribution in [-0.4, -0.2) is 31.4 Å². The fourth-order valence-electron chi connectivity index (χ4n) is 0.968. The standard InChI is InChI=1S/C8H14F2N2O/c1-6(8(9)10)11-12-7-2-4-13-5-3-7/h6,8,11H,2-5H2,1H3. The Morgan fingerprint density at radius 3 is 2.54 bits per heavy atom. The van der Waals surface area contributed by atoms with Crippen molar-refractivity contribution in [3.05, 3.63) is 0 Å². The molecule has 0 amide bonds. The summed E-state index contributed by atoms with van der Waals surface area (Å²) < 4.78 is 29.1. The van der Waals surface area contributed by atoms with Crippen molar-refractivity contribution in [2.45, 2.75) is 32.2 Å². The van der Waals surface area contributed by atoms with Crippen LogP contribution < -0.4 is 5.43 Å². The van der Waals surface area contributed by atoms with Crippen LogP contribution in [0.1, 0.15) is 19.8 Å². The van der Waals surface area contributed by atoms with Crippen LogP contribution in [0.25, 0.3) is 0 Å². The molecule has 1 heterocycles. The maximum atomic E-state index is 12.0. The fourth-order valence-corrected chi connectivity index (χ4v) is 0.968. The number of nitrogens with zero attached hydrogens (tertiary/aromatic N) is 1. The second-order valence-electron chi connectivity index (χ2n) is 3.04. The van der Waals surface area contributed by atoms with Crippen molar-refractivity contribution in [3.63, 3.8) is 0 Å². The van der Waals surface area contributed by atoms with Gasteiger partial charge in [-0.3, -0.25) is 0 Å². The highest BCUT2D eigenvalue weighted by atomic mass is 19.3. The minimum Gasteiger partial charge on any atom is -0.381 e. The maximum absolute atomic E-state index is 12.0. The Hall–Kier alpha value is -0.710. The minimum absolute atomic E-state index is 0.642. The lowest BCUT2D eigenvalue weighted by Crippen LogP contribution is -2.30. The maximum Gasteiger partial charge on any atom is 0.259 e. The molecule has 0 aliphatic carbocycles. The van der Waals surface area contributed by atoms with E-state index in [-0.39, 0.29) is 0 Å². The summed E-state index contributed by atoms with van der Waals surface area (Å²) in [4.78, 5) is 0. The van der Waals surface area contributed by atoms with Crippen LogP contribution in [0.2, 0.25) is 0 Å². The van der Waals surface area contributed by atoms with E-state index in [1.165, 1.54) is 6.92 Å². The van der Waals surface area contributed by atoms with E-state index in [2.05, 4.69) is 10.5 Å². The van der Waals surface area contributed by atoms with E-state index >= 15 is 0 Å². The Morgan fingerprint density at radius 2 is 2.00 bits per heavy atom. The van der Waals surface area contributed by atoms with Crippen molar-refractivity contribution >= 4 is 5.71 Å². The first-order valence-corrected chi connectivity index (χ1v) is 4.37. The Bertz CT molecular complexity index is 177. The summed E-state index contributed by atoms with van der Waals surface area (Å²) in [6.07, 6.45) is -0.893. The molecule has 1 atom stereocenters. The third-order valence-electron chi connectivity index (χ3n) is 1.87. The van der Waals surface area contributed by atoms with Gasteiger partial charge < -0.3 is 10.2 Å². The van der Waals surface area contributed by atoms with Gasteiger partial charge >= 0.3 is 0 Å².